The Bertz CT molecular complexity index is 287. The minimum atomic E-state index is -0.413. The van der Waals surface area contributed by atoms with Gasteiger partial charge in [-0.2, -0.15) is 0 Å². The number of thiol groups is 1. The summed E-state index contributed by atoms with van der Waals surface area (Å²) in [7, 11) is 0. The van der Waals surface area contributed by atoms with Crippen LogP contribution in [-0.2, 0) is 0 Å². The molecule has 50 valence electrons. The van der Waals surface area contributed by atoms with Crippen molar-refractivity contribution in [1.29, 1.82) is 0 Å². The SMILES string of the molecule is Fc1cccnc1C#CS. The van der Waals surface area contributed by atoms with Crippen molar-refractivity contribution < 1.29 is 4.39 Å². The first kappa shape index (κ1) is 7.10. The van der Waals surface area contributed by atoms with Crippen LogP contribution in [0.1, 0.15) is 5.69 Å². The van der Waals surface area contributed by atoms with Crippen LogP contribution in [0.25, 0.3) is 0 Å². The number of halogens is 1. The molecule has 0 aliphatic heterocycles. The van der Waals surface area contributed by atoms with Crippen LogP contribution in [0.2, 0.25) is 0 Å². The Kier molecular flexibility index (Phi) is 2.30. The summed E-state index contributed by atoms with van der Waals surface area (Å²) in [5, 5.41) is 2.27. The van der Waals surface area contributed by atoms with Crippen molar-refractivity contribution in [3.05, 3.63) is 29.8 Å². The van der Waals surface area contributed by atoms with Gasteiger partial charge in [-0.3, -0.25) is 0 Å². The second kappa shape index (κ2) is 3.23. The van der Waals surface area contributed by atoms with Gasteiger partial charge in [0, 0.05) is 6.20 Å². The third kappa shape index (κ3) is 1.49. The van der Waals surface area contributed by atoms with Gasteiger partial charge in [-0.25, -0.2) is 9.37 Å². The summed E-state index contributed by atoms with van der Waals surface area (Å²) in [6.07, 6.45) is 1.48. The van der Waals surface area contributed by atoms with E-state index in [4.69, 9.17) is 0 Å². The molecule has 0 N–H and O–H groups in total. The van der Waals surface area contributed by atoms with E-state index < -0.39 is 5.82 Å². The fourth-order valence-corrected chi connectivity index (χ4v) is 0.637. The lowest BCUT2D eigenvalue weighted by Gasteiger charge is -1.88. The zero-order valence-electron chi connectivity index (χ0n) is 5.00. The fraction of sp³-hybridized carbons (Fsp3) is 0. The molecule has 0 radical (unpaired) electrons. The third-order valence-corrected chi connectivity index (χ3v) is 1.04. The topological polar surface area (TPSA) is 12.9 Å². The van der Waals surface area contributed by atoms with E-state index in [2.05, 4.69) is 28.8 Å². The highest BCUT2D eigenvalue weighted by molar-refractivity contribution is 7.85. The summed E-state index contributed by atoms with van der Waals surface area (Å²) in [4.78, 5) is 3.67. The first-order chi connectivity index (χ1) is 4.84. The number of hydrogen-bond acceptors (Lipinski definition) is 2. The van der Waals surface area contributed by atoms with Crippen molar-refractivity contribution in [2.75, 3.05) is 0 Å². The maximum absolute atomic E-state index is 12.6. The molecule has 0 aliphatic carbocycles. The quantitative estimate of drug-likeness (QED) is 0.440. The largest absolute Gasteiger partial charge is 0.245 e. The van der Waals surface area contributed by atoms with E-state index in [9.17, 15) is 4.39 Å². The standard InChI is InChI=1S/C7H4FNS/c8-6-2-1-4-9-7(6)3-5-10/h1-2,4,10H. The Morgan fingerprint density at radius 2 is 2.40 bits per heavy atom. The highest BCUT2D eigenvalue weighted by Crippen LogP contribution is 1.99. The predicted molar refractivity (Wildman–Crippen MR) is 40.1 cm³/mol. The lowest BCUT2D eigenvalue weighted by atomic mass is 10.3. The molecular formula is C7H4FNS. The fourth-order valence-electron chi connectivity index (χ4n) is 0.531. The van der Waals surface area contributed by atoms with Gasteiger partial charge in [0.15, 0.2) is 5.82 Å². The summed E-state index contributed by atoms with van der Waals surface area (Å²) in [6.45, 7) is 0. The van der Waals surface area contributed by atoms with E-state index in [0.717, 1.165) is 0 Å². The van der Waals surface area contributed by atoms with Gasteiger partial charge < -0.3 is 0 Å². The van der Waals surface area contributed by atoms with Crippen LogP contribution < -0.4 is 0 Å². The number of nitrogens with zero attached hydrogens (tertiary/aromatic N) is 1. The normalized spacial score (nSPS) is 8.20. The zero-order chi connectivity index (χ0) is 7.40. The Hall–Kier alpha value is -1.01. The first-order valence-electron chi connectivity index (χ1n) is 2.60. The molecule has 1 rings (SSSR count). The molecule has 0 spiro atoms. The zero-order valence-corrected chi connectivity index (χ0v) is 5.90. The first-order valence-corrected chi connectivity index (χ1v) is 3.05. The van der Waals surface area contributed by atoms with Crippen LogP contribution in [0.3, 0.4) is 0 Å². The van der Waals surface area contributed by atoms with Crippen LogP contribution in [0.15, 0.2) is 18.3 Å². The van der Waals surface area contributed by atoms with Crippen LogP contribution in [0.5, 0.6) is 0 Å². The third-order valence-electron chi connectivity index (χ3n) is 0.933. The van der Waals surface area contributed by atoms with Gasteiger partial charge in [0.25, 0.3) is 0 Å². The van der Waals surface area contributed by atoms with Crippen LogP contribution in [0.4, 0.5) is 4.39 Å². The molecule has 10 heavy (non-hydrogen) atoms. The second-order valence-electron chi connectivity index (χ2n) is 1.57. The second-order valence-corrected chi connectivity index (χ2v) is 1.79. The summed E-state index contributed by atoms with van der Waals surface area (Å²) in [6, 6.07) is 2.82. The molecule has 0 bridgehead atoms. The van der Waals surface area contributed by atoms with E-state index in [1.807, 2.05) is 0 Å². The summed E-state index contributed by atoms with van der Waals surface area (Å²) in [5.74, 6) is 1.99. The van der Waals surface area contributed by atoms with E-state index in [-0.39, 0.29) is 5.69 Å². The molecular weight excluding hydrogens is 149 g/mol. The highest BCUT2D eigenvalue weighted by Gasteiger charge is 1.95. The van der Waals surface area contributed by atoms with Gasteiger partial charge in [0.2, 0.25) is 0 Å². The molecule has 1 nitrogen and oxygen atoms in total. The minimum absolute atomic E-state index is 0.137. The molecule has 0 aromatic carbocycles. The Labute approximate surface area is 63.7 Å². The van der Waals surface area contributed by atoms with E-state index in [0.29, 0.717) is 0 Å². The van der Waals surface area contributed by atoms with Gasteiger partial charge >= 0.3 is 0 Å². The lowest BCUT2D eigenvalue weighted by Crippen LogP contribution is -1.85. The van der Waals surface area contributed by atoms with Gasteiger partial charge in [-0.15, -0.1) is 0 Å². The molecule has 0 unspecified atom stereocenters. The molecule has 0 atom stereocenters. The van der Waals surface area contributed by atoms with Crippen molar-refractivity contribution in [1.82, 2.24) is 4.98 Å². The number of pyridine rings is 1. The minimum Gasteiger partial charge on any atom is -0.245 e. The van der Waals surface area contributed by atoms with Crippen molar-refractivity contribution in [2.45, 2.75) is 0 Å². The molecule has 0 amide bonds. The Morgan fingerprint density at radius 1 is 1.60 bits per heavy atom. The number of hydrogen-bond donors (Lipinski definition) is 1. The van der Waals surface area contributed by atoms with Crippen LogP contribution >= 0.6 is 12.6 Å². The summed E-state index contributed by atoms with van der Waals surface area (Å²) < 4.78 is 12.6. The van der Waals surface area contributed by atoms with Gasteiger partial charge in [0.1, 0.15) is 5.69 Å². The summed E-state index contributed by atoms with van der Waals surface area (Å²) in [5.41, 5.74) is 0.137. The smallest absolute Gasteiger partial charge is 0.157 e. The van der Waals surface area contributed by atoms with Crippen molar-refractivity contribution in [2.24, 2.45) is 0 Å². The molecule has 1 aromatic heterocycles. The molecule has 1 aromatic rings. The maximum atomic E-state index is 12.6. The summed E-state index contributed by atoms with van der Waals surface area (Å²) >= 11 is 3.61. The molecule has 3 heteroatoms. The monoisotopic (exact) mass is 153 g/mol. The Balaban J connectivity index is 3.11. The molecule has 0 aliphatic rings. The molecule has 0 saturated heterocycles. The number of aromatic nitrogens is 1. The predicted octanol–water partition coefficient (Wildman–Crippen LogP) is 1.46. The van der Waals surface area contributed by atoms with Crippen molar-refractivity contribution >= 4 is 12.6 Å². The van der Waals surface area contributed by atoms with Gasteiger partial charge in [-0.1, -0.05) is 12.6 Å². The van der Waals surface area contributed by atoms with E-state index >= 15 is 0 Å². The van der Waals surface area contributed by atoms with Gasteiger partial charge in [0.05, 0.1) is 0 Å². The van der Waals surface area contributed by atoms with E-state index in [1.54, 1.807) is 0 Å². The average molecular weight is 153 g/mol. The number of rotatable bonds is 0. The van der Waals surface area contributed by atoms with Crippen molar-refractivity contribution in [3.8, 4) is 11.2 Å². The van der Waals surface area contributed by atoms with Crippen LogP contribution in [-0.4, -0.2) is 4.98 Å². The van der Waals surface area contributed by atoms with Gasteiger partial charge in [-0.05, 0) is 23.3 Å². The molecule has 0 fully saturated rings. The highest BCUT2D eigenvalue weighted by atomic mass is 32.1. The molecule has 0 saturated carbocycles. The van der Waals surface area contributed by atoms with Crippen LogP contribution in [0, 0.1) is 17.0 Å². The maximum Gasteiger partial charge on any atom is 0.157 e. The lowest BCUT2D eigenvalue weighted by molar-refractivity contribution is 0.617. The van der Waals surface area contributed by atoms with Crippen molar-refractivity contribution in [3.63, 3.8) is 0 Å². The Morgan fingerprint density at radius 3 is 3.00 bits per heavy atom. The average Bonchev–Trinajstić information content (AvgIpc) is 1.94. The van der Waals surface area contributed by atoms with E-state index in [1.165, 1.54) is 18.3 Å². The molecule has 1 heterocycles.